The number of benzene rings is 1. The average Bonchev–Trinajstić information content (AvgIpc) is 3.28. The van der Waals surface area contributed by atoms with E-state index in [1.165, 1.54) is 11.3 Å². The number of carbonyl (C=O) groups is 1. The Morgan fingerprint density at radius 1 is 1.28 bits per heavy atom. The topological polar surface area (TPSA) is 73.6 Å². The second-order valence-corrected chi connectivity index (χ2v) is 6.33. The van der Waals surface area contributed by atoms with Crippen LogP contribution < -0.4 is 14.8 Å². The summed E-state index contributed by atoms with van der Waals surface area (Å²) >= 11 is 1.50. The van der Waals surface area contributed by atoms with Crippen molar-refractivity contribution in [2.24, 2.45) is 0 Å². The number of methoxy groups -OCH3 is 1. The van der Waals surface area contributed by atoms with Crippen LogP contribution in [0.5, 0.6) is 11.5 Å². The second-order valence-electron chi connectivity index (χ2n) is 5.25. The van der Waals surface area contributed by atoms with Gasteiger partial charge in [0.1, 0.15) is 11.5 Å². The van der Waals surface area contributed by atoms with Crippen molar-refractivity contribution in [1.82, 2.24) is 10.3 Å². The molecule has 3 rings (SSSR count). The summed E-state index contributed by atoms with van der Waals surface area (Å²) < 4.78 is 15.9. The number of aryl methyl sites for hydroxylation is 1. The second kappa shape index (κ2) is 7.85. The highest BCUT2D eigenvalue weighted by molar-refractivity contribution is 7.15. The molecule has 0 spiro atoms. The summed E-state index contributed by atoms with van der Waals surface area (Å²) in [6, 6.07) is 10.8. The van der Waals surface area contributed by atoms with Crippen molar-refractivity contribution in [3.63, 3.8) is 0 Å². The molecule has 25 heavy (non-hydrogen) atoms. The molecule has 1 aromatic carbocycles. The number of hydrogen-bond donors (Lipinski definition) is 1. The lowest BCUT2D eigenvalue weighted by Crippen LogP contribution is -2.28. The summed E-state index contributed by atoms with van der Waals surface area (Å²) in [4.78, 5) is 17.4. The van der Waals surface area contributed by atoms with Gasteiger partial charge in [0, 0.05) is 10.9 Å². The number of furan rings is 1. The van der Waals surface area contributed by atoms with Crippen LogP contribution in [0.25, 0.3) is 10.8 Å². The normalized spacial score (nSPS) is 10.5. The number of amides is 1. The molecule has 0 unspecified atom stereocenters. The van der Waals surface area contributed by atoms with Crippen molar-refractivity contribution in [3.05, 3.63) is 53.2 Å². The first-order valence-electron chi connectivity index (χ1n) is 7.69. The molecule has 130 valence electrons. The third-order valence-corrected chi connectivity index (χ3v) is 4.65. The van der Waals surface area contributed by atoms with E-state index in [1.54, 1.807) is 25.5 Å². The molecule has 0 fully saturated rings. The van der Waals surface area contributed by atoms with Gasteiger partial charge in [-0.2, -0.15) is 0 Å². The first-order valence-corrected chi connectivity index (χ1v) is 8.51. The Morgan fingerprint density at radius 2 is 2.12 bits per heavy atom. The van der Waals surface area contributed by atoms with Gasteiger partial charge < -0.3 is 19.2 Å². The molecule has 0 aliphatic carbocycles. The third kappa shape index (κ3) is 4.39. The summed E-state index contributed by atoms with van der Waals surface area (Å²) in [7, 11) is 1.58. The zero-order valence-corrected chi connectivity index (χ0v) is 14.8. The van der Waals surface area contributed by atoms with E-state index in [2.05, 4.69) is 10.3 Å². The smallest absolute Gasteiger partial charge is 0.258 e. The van der Waals surface area contributed by atoms with Crippen molar-refractivity contribution >= 4 is 17.2 Å². The van der Waals surface area contributed by atoms with Gasteiger partial charge in [0.2, 0.25) is 0 Å². The molecule has 6 nitrogen and oxygen atoms in total. The number of hydrogen-bond acceptors (Lipinski definition) is 6. The average molecular weight is 358 g/mol. The maximum Gasteiger partial charge on any atom is 0.258 e. The predicted octanol–water partition coefficient (Wildman–Crippen LogP) is 3.42. The lowest BCUT2D eigenvalue weighted by molar-refractivity contribution is -0.123. The predicted molar refractivity (Wildman–Crippen MR) is 94.9 cm³/mol. The number of rotatable bonds is 7. The molecular weight excluding hydrogens is 340 g/mol. The van der Waals surface area contributed by atoms with Gasteiger partial charge in [0.05, 0.1) is 25.6 Å². The van der Waals surface area contributed by atoms with Gasteiger partial charge in [0.25, 0.3) is 5.91 Å². The molecule has 2 heterocycles. The van der Waals surface area contributed by atoms with Crippen LogP contribution in [0.3, 0.4) is 0 Å². The Bertz CT molecular complexity index is 843. The van der Waals surface area contributed by atoms with Crippen LogP contribution in [0.2, 0.25) is 0 Å². The number of nitrogens with one attached hydrogen (secondary N) is 1. The van der Waals surface area contributed by atoms with Crippen molar-refractivity contribution in [3.8, 4) is 22.3 Å². The molecule has 0 radical (unpaired) electrons. The van der Waals surface area contributed by atoms with E-state index in [-0.39, 0.29) is 12.5 Å². The van der Waals surface area contributed by atoms with Crippen LogP contribution in [0.4, 0.5) is 0 Å². The molecular formula is C18H18N2O4S. The number of carbonyl (C=O) groups excluding carboxylic acids is 1. The number of thiazole rings is 1. The Labute approximate surface area is 149 Å². The van der Waals surface area contributed by atoms with Crippen LogP contribution in [-0.2, 0) is 11.3 Å². The number of nitrogens with zero attached hydrogens (tertiary/aromatic N) is 1. The van der Waals surface area contributed by atoms with Crippen molar-refractivity contribution < 1.29 is 18.7 Å². The summed E-state index contributed by atoms with van der Waals surface area (Å²) in [5, 5.41) is 3.65. The number of aromatic nitrogens is 1. The first kappa shape index (κ1) is 17.0. The van der Waals surface area contributed by atoms with Crippen LogP contribution in [0.1, 0.15) is 10.6 Å². The Kier molecular flexibility index (Phi) is 5.35. The van der Waals surface area contributed by atoms with Gasteiger partial charge in [-0.3, -0.25) is 4.79 Å². The SMILES string of the molecule is COc1cccc(OCC(=O)NCc2sc(-c3ccco3)nc2C)c1. The van der Waals surface area contributed by atoms with Crippen LogP contribution in [0, 0.1) is 6.92 Å². The standard InChI is InChI=1S/C18H18N2O4S/c1-12-16(25-18(20-12)15-7-4-8-23-15)10-19-17(21)11-24-14-6-3-5-13(9-14)22-2/h3-9H,10-11H2,1-2H3,(H,19,21). The zero-order valence-electron chi connectivity index (χ0n) is 13.9. The summed E-state index contributed by atoms with van der Waals surface area (Å²) in [6.07, 6.45) is 1.61. The summed E-state index contributed by atoms with van der Waals surface area (Å²) in [5.41, 5.74) is 0.880. The number of ether oxygens (including phenoxy) is 2. The van der Waals surface area contributed by atoms with Gasteiger partial charge in [0.15, 0.2) is 17.4 Å². The van der Waals surface area contributed by atoms with Gasteiger partial charge in [-0.25, -0.2) is 4.98 Å². The molecule has 1 amide bonds. The van der Waals surface area contributed by atoms with E-state index in [0.29, 0.717) is 18.0 Å². The van der Waals surface area contributed by atoms with Crippen molar-refractivity contribution in [1.29, 1.82) is 0 Å². The highest BCUT2D eigenvalue weighted by Crippen LogP contribution is 2.28. The van der Waals surface area contributed by atoms with Crippen LogP contribution >= 0.6 is 11.3 Å². The van der Waals surface area contributed by atoms with E-state index in [0.717, 1.165) is 21.3 Å². The molecule has 0 aliphatic rings. The molecule has 0 saturated carbocycles. The van der Waals surface area contributed by atoms with E-state index >= 15 is 0 Å². The van der Waals surface area contributed by atoms with Gasteiger partial charge >= 0.3 is 0 Å². The highest BCUT2D eigenvalue weighted by atomic mass is 32.1. The van der Waals surface area contributed by atoms with Crippen LogP contribution in [-0.4, -0.2) is 24.6 Å². The Hall–Kier alpha value is -2.80. The Morgan fingerprint density at radius 3 is 2.88 bits per heavy atom. The van der Waals surface area contributed by atoms with E-state index in [1.807, 2.05) is 31.2 Å². The lowest BCUT2D eigenvalue weighted by Gasteiger charge is -2.08. The fourth-order valence-electron chi connectivity index (χ4n) is 2.17. The van der Waals surface area contributed by atoms with Gasteiger partial charge in [-0.05, 0) is 31.2 Å². The minimum Gasteiger partial charge on any atom is -0.497 e. The van der Waals surface area contributed by atoms with Crippen LogP contribution in [0.15, 0.2) is 47.1 Å². The molecule has 0 aliphatic heterocycles. The van der Waals surface area contributed by atoms with E-state index < -0.39 is 0 Å². The quantitative estimate of drug-likeness (QED) is 0.701. The largest absolute Gasteiger partial charge is 0.497 e. The molecule has 7 heteroatoms. The Balaban J connectivity index is 1.52. The molecule has 3 aromatic rings. The molecule has 1 N–H and O–H groups in total. The minimum absolute atomic E-state index is 0.0595. The fraction of sp³-hybridized carbons (Fsp3) is 0.222. The third-order valence-electron chi connectivity index (χ3n) is 3.48. The molecule has 2 aromatic heterocycles. The molecule has 0 saturated heterocycles. The van der Waals surface area contributed by atoms with Crippen molar-refractivity contribution in [2.75, 3.05) is 13.7 Å². The van der Waals surface area contributed by atoms with Crippen molar-refractivity contribution in [2.45, 2.75) is 13.5 Å². The summed E-state index contributed by atoms with van der Waals surface area (Å²) in [5.74, 6) is 1.80. The van der Waals surface area contributed by atoms with Gasteiger partial charge in [-0.1, -0.05) is 6.07 Å². The minimum atomic E-state index is -0.199. The van der Waals surface area contributed by atoms with E-state index in [4.69, 9.17) is 13.9 Å². The molecule has 0 atom stereocenters. The fourth-order valence-corrected chi connectivity index (χ4v) is 3.14. The maximum absolute atomic E-state index is 12.0. The zero-order chi connectivity index (χ0) is 17.6. The highest BCUT2D eigenvalue weighted by Gasteiger charge is 2.12. The maximum atomic E-state index is 12.0. The summed E-state index contributed by atoms with van der Waals surface area (Å²) in [6.45, 7) is 2.26. The monoisotopic (exact) mass is 358 g/mol. The molecule has 0 bridgehead atoms. The first-order chi connectivity index (χ1) is 12.2. The van der Waals surface area contributed by atoms with E-state index in [9.17, 15) is 4.79 Å². The lowest BCUT2D eigenvalue weighted by atomic mass is 10.3. The van der Waals surface area contributed by atoms with Gasteiger partial charge in [-0.15, -0.1) is 11.3 Å².